The molecule has 1 aliphatic rings. The Kier molecular flexibility index (Phi) is 5.43. The van der Waals surface area contributed by atoms with Gasteiger partial charge < -0.3 is 56.0 Å². The second kappa shape index (κ2) is 7.20. The third-order valence-corrected chi connectivity index (χ3v) is 5.85. The first-order chi connectivity index (χ1) is 12.5. The molecule has 2 aromatic heterocycles. The summed E-state index contributed by atoms with van der Waals surface area (Å²) < 4.78 is 37.0. The molecule has 1 aliphatic heterocycles. The van der Waals surface area contributed by atoms with Gasteiger partial charge in [0.2, 0.25) is 0 Å². The van der Waals surface area contributed by atoms with Crippen molar-refractivity contribution in [3.63, 3.8) is 0 Å². The fraction of sp³-hybridized carbons (Fsp3) is 0.500. The van der Waals surface area contributed by atoms with Crippen molar-refractivity contribution in [1.82, 2.24) is 19.5 Å². The van der Waals surface area contributed by atoms with Gasteiger partial charge in [-0.25, -0.2) is 15.0 Å². The molecule has 4 N–H and O–H groups in total. The average Bonchev–Trinajstić information content (AvgIpc) is 3.07. The molecule has 1 saturated heterocycles. The molecule has 17 heteroatoms. The molecule has 0 bridgehead atoms. The van der Waals surface area contributed by atoms with Gasteiger partial charge in [0.15, 0.2) is 17.7 Å². The molecule has 2 aromatic rings. The average molecular weight is 419 g/mol. The molecule has 147 valence electrons. The Bertz CT molecular complexity index is 937. The number of anilines is 1. The van der Waals surface area contributed by atoms with Crippen LogP contribution in [0.25, 0.3) is 11.2 Å². The number of nitrogens with two attached hydrogens (primary N) is 1. The van der Waals surface area contributed by atoms with Crippen LogP contribution in [0.15, 0.2) is 12.7 Å². The highest BCUT2D eigenvalue weighted by molar-refractivity contribution is 7.83. The Hall–Kier alpha value is -1.41. The number of hydrogen-bond acceptors (Lipinski definition) is 13. The first-order valence-electron chi connectivity index (χ1n) is 7.20. The minimum atomic E-state index is -5.66. The highest BCUT2D eigenvalue weighted by atomic mass is 31.3. The SMILES string of the molecule is [B-][P@@](=O)(OC[C@H]1O[C@@H](n2cnc3c(N)ncnc32)[C@H](O)[C@@H]1O)OP(=O)([O-])[O-]. The largest absolute Gasteiger partial charge is 0.790 e. The van der Waals surface area contributed by atoms with E-state index in [1.54, 1.807) is 0 Å². The highest BCUT2D eigenvalue weighted by Crippen LogP contribution is 2.53. The molecule has 3 heterocycles. The molecule has 5 atom stereocenters. The van der Waals surface area contributed by atoms with Crippen molar-refractivity contribution < 1.29 is 42.7 Å². The van der Waals surface area contributed by atoms with Crippen molar-refractivity contribution in [3.05, 3.63) is 12.7 Å². The lowest BCUT2D eigenvalue weighted by atomic mass is 10.1. The van der Waals surface area contributed by atoms with E-state index in [0.29, 0.717) is 0 Å². The van der Waals surface area contributed by atoms with E-state index in [2.05, 4.69) is 23.8 Å². The molecule has 3 radical (unpaired) electrons. The maximum atomic E-state index is 11.6. The van der Waals surface area contributed by atoms with Crippen LogP contribution in [0, 0.1) is 0 Å². The highest BCUT2D eigenvalue weighted by Gasteiger charge is 2.44. The number of imidazole rings is 1. The summed E-state index contributed by atoms with van der Waals surface area (Å²) in [5.41, 5.74) is 6.13. The van der Waals surface area contributed by atoms with E-state index in [-0.39, 0.29) is 17.0 Å². The van der Waals surface area contributed by atoms with Crippen LogP contribution in [0.3, 0.4) is 0 Å². The number of aromatic nitrogens is 4. The van der Waals surface area contributed by atoms with E-state index >= 15 is 0 Å². The number of nitrogen functional groups attached to an aromatic ring is 1. The number of ether oxygens (including phenoxy) is 1. The van der Waals surface area contributed by atoms with Crippen LogP contribution in [-0.2, 0) is 22.7 Å². The van der Waals surface area contributed by atoms with Gasteiger partial charge in [-0.05, 0) is 0 Å². The maximum absolute atomic E-state index is 11.6. The van der Waals surface area contributed by atoms with Gasteiger partial charge in [0.1, 0.15) is 30.2 Å². The molecule has 14 nitrogen and oxygen atoms in total. The summed E-state index contributed by atoms with van der Waals surface area (Å²) in [6.07, 6.45) is -3.09. The number of nitrogens with zero attached hydrogens (tertiary/aromatic N) is 4. The second-order valence-corrected chi connectivity index (χ2v) is 8.38. The van der Waals surface area contributed by atoms with Gasteiger partial charge >= 0.3 is 0 Å². The van der Waals surface area contributed by atoms with Crippen LogP contribution in [-0.4, -0.2) is 62.2 Å². The Morgan fingerprint density at radius 3 is 2.67 bits per heavy atom. The molecule has 0 unspecified atom stereocenters. The van der Waals surface area contributed by atoms with Gasteiger partial charge in [-0.2, -0.15) is 0 Å². The van der Waals surface area contributed by atoms with Crippen LogP contribution in [0.5, 0.6) is 0 Å². The Labute approximate surface area is 152 Å². The number of phosphoric acid groups is 1. The monoisotopic (exact) mass is 419 g/mol. The first-order valence-corrected chi connectivity index (χ1v) is 10.3. The topological polar surface area (TPSA) is 218 Å². The summed E-state index contributed by atoms with van der Waals surface area (Å²) >= 11 is 0. The molecule has 3 rings (SSSR count). The fourth-order valence-corrected chi connectivity index (χ4v) is 4.15. The summed E-state index contributed by atoms with van der Waals surface area (Å²) in [4.78, 5) is 32.7. The minimum Gasteiger partial charge on any atom is -0.790 e. The third kappa shape index (κ3) is 4.37. The van der Waals surface area contributed by atoms with Crippen LogP contribution >= 0.6 is 15.3 Å². The van der Waals surface area contributed by atoms with E-state index in [9.17, 15) is 29.1 Å². The summed E-state index contributed by atoms with van der Waals surface area (Å²) in [6.45, 7) is -0.744. The number of rotatable bonds is 6. The number of aliphatic hydroxyl groups is 2. The molecule has 0 spiro atoms. The fourth-order valence-electron chi connectivity index (χ4n) is 2.49. The van der Waals surface area contributed by atoms with Crippen LogP contribution in [0.4, 0.5) is 5.82 Å². The lowest BCUT2D eigenvalue weighted by Crippen LogP contribution is -2.33. The van der Waals surface area contributed by atoms with Gasteiger partial charge in [0, 0.05) is 0 Å². The smallest absolute Gasteiger partial charge is 0.167 e. The van der Waals surface area contributed by atoms with Gasteiger partial charge in [-0.3, -0.25) is 4.57 Å². The summed E-state index contributed by atoms with van der Waals surface area (Å²) in [7, 11) is -5.44. The zero-order valence-electron chi connectivity index (χ0n) is 13.3. The molecule has 0 saturated carbocycles. The maximum Gasteiger partial charge on any atom is 0.167 e. The third-order valence-electron chi connectivity index (χ3n) is 3.63. The molecule has 0 aromatic carbocycles. The molecule has 0 aliphatic carbocycles. The standard InChI is InChI=1S/C10H14BN5O9P2/c11-26(19,25-27(20,21)22)23-1-4-6(17)7(18)10(24-4)16-3-15-5-8(12)13-2-14-9(5)16/h2-4,6-7,10,17-18H,1H2,(H2,12,13,14)(H2,20,21,22)/q-1/p-2/t4-,6-,7-,10-,26-/m1/s1. The Balaban J connectivity index is 1.75. The molecule has 1 fully saturated rings. The Morgan fingerprint density at radius 2 is 2.00 bits per heavy atom. The van der Waals surface area contributed by atoms with Gasteiger partial charge in [-0.1, -0.05) is 0 Å². The van der Waals surface area contributed by atoms with E-state index < -0.39 is 46.4 Å². The summed E-state index contributed by atoms with van der Waals surface area (Å²) in [6, 6.07) is 0. The Morgan fingerprint density at radius 1 is 1.30 bits per heavy atom. The predicted octanol–water partition coefficient (Wildman–Crippen LogP) is -2.83. The van der Waals surface area contributed by atoms with Crippen molar-refractivity contribution in [3.8, 4) is 0 Å². The minimum absolute atomic E-state index is 0.0903. The lowest BCUT2D eigenvalue weighted by molar-refractivity contribution is -0.334. The van der Waals surface area contributed by atoms with Crippen molar-refractivity contribution in [2.75, 3.05) is 12.3 Å². The zero-order chi connectivity index (χ0) is 20.0. The van der Waals surface area contributed by atoms with E-state index in [1.807, 2.05) is 0 Å². The first kappa shape index (κ1) is 20.3. The van der Waals surface area contributed by atoms with Gasteiger partial charge in [-0.15, -0.1) is 0 Å². The molecule has 27 heavy (non-hydrogen) atoms. The van der Waals surface area contributed by atoms with Crippen molar-refractivity contribution in [2.24, 2.45) is 0 Å². The quantitative estimate of drug-likeness (QED) is 0.318. The van der Waals surface area contributed by atoms with E-state index in [0.717, 1.165) is 0 Å². The molecular formula is C10H12BN5O9P2-3. The van der Waals surface area contributed by atoms with Gasteiger partial charge in [0.05, 0.1) is 28.2 Å². The molecule has 0 amide bonds. The van der Waals surface area contributed by atoms with E-state index in [4.69, 9.17) is 18.0 Å². The van der Waals surface area contributed by atoms with Crippen LogP contribution < -0.4 is 15.5 Å². The lowest BCUT2D eigenvalue weighted by Gasteiger charge is -2.38. The van der Waals surface area contributed by atoms with E-state index in [1.165, 1.54) is 17.2 Å². The van der Waals surface area contributed by atoms with Crippen molar-refractivity contribution in [1.29, 1.82) is 0 Å². The summed E-state index contributed by atoms with van der Waals surface area (Å²) in [5.74, 6) is 0.0903. The second-order valence-electron chi connectivity index (χ2n) is 5.49. The number of aliphatic hydroxyl groups excluding tert-OH is 2. The normalized spacial score (nSPS) is 28.5. The predicted molar refractivity (Wildman–Crippen MR) is 83.7 cm³/mol. The van der Waals surface area contributed by atoms with Crippen LogP contribution in [0.2, 0.25) is 0 Å². The van der Waals surface area contributed by atoms with Gasteiger partial charge in [0.25, 0.3) is 0 Å². The van der Waals surface area contributed by atoms with Crippen LogP contribution in [0.1, 0.15) is 6.23 Å². The summed E-state index contributed by atoms with van der Waals surface area (Å²) in [5, 5.41) is 20.3. The number of hydrogen-bond donors (Lipinski definition) is 3. The zero-order valence-corrected chi connectivity index (χ0v) is 15.1. The van der Waals surface area contributed by atoms with Crippen molar-refractivity contribution >= 4 is 39.8 Å². The van der Waals surface area contributed by atoms with Crippen molar-refractivity contribution in [2.45, 2.75) is 24.5 Å². The number of fused-ring (bicyclic) bond motifs is 1. The molecular weight excluding hydrogens is 407 g/mol.